The molecule has 1 aliphatic heterocycles. The van der Waals surface area contributed by atoms with Crippen molar-refractivity contribution in [3.8, 4) is 0 Å². The summed E-state index contributed by atoms with van der Waals surface area (Å²) in [5.74, 6) is 0.0319. The van der Waals surface area contributed by atoms with E-state index >= 15 is 0 Å². The molecule has 0 aliphatic carbocycles. The van der Waals surface area contributed by atoms with Crippen molar-refractivity contribution in [3.05, 3.63) is 34.3 Å². The van der Waals surface area contributed by atoms with Crippen LogP contribution in [0.1, 0.15) is 29.6 Å². The molecular formula is C13H17BrN2O. The van der Waals surface area contributed by atoms with Gasteiger partial charge >= 0.3 is 0 Å². The van der Waals surface area contributed by atoms with Crippen LogP contribution in [-0.2, 0) is 0 Å². The highest BCUT2D eigenvalue weighted by atomic mass is 79.9. The summed E-state index contributed by atoms with van der Waals surface area (Å²) in [6.07, 6.45) is 3.21. The van der Waals surface area contributed by atoms with Crippen LogP contribution in [0, 0.1) is 0 Å². The van der Waals surface area contributed by atoms with E-state index < -0.39 is 0 Å². The largest absolute Gasteiger partial charge is 0.349 e. The van der Waals surface area contributed by atoms with Gasteiger partial charge < -0.3 is 10.6 Å². The first-order valence-corrected chi connectivity index (χ1v) is 6.82. The molecule has 1 unspecified atom stereocenters. The van der Waals surface area contributed by atoms with Crippen molar-refractivity contribution < 1.29 is 4.79 Å². The van der Waals surface area contributed by atoms with Gasteiger partial charge in [-0.1, -0.05) is 15.9 Å². The predicted molar refractivity (Wildman–Crippen MR) is 72.1 cm³/mol. The van der Waals surface area contributed by atoms with Crippen LogP contribution in [0.4, 0.5) is 0 Å². The third-order valence-electron chi connectivity index (χ3n) is 3.02. The van der Waals surface area contributed by atoms with Crippen molar-refractivity contribution in [2.24, 2.45) is 0 Å². The molecule has 0 aromatic heterocycles. The number of carbonyl (C=O) groups excluding carboxylic acids is 1. The van der Waals surface area contributed by atoms with Crippen molar-refractivity contribution >= 4 is 21.8 Å². The molecule has 0 bridgehead atoms. The van der Waals surface area contributed by atoms with E-state index in [2.05, 4.69) is 26.6 Å². The smallest absolute Gasteiger partial charge is 0.251 e. The molecule has 1 amide bonds. The highest BCUT2D eigenvalue weighted by Crippen LogP contribution is 2.11. The van der Waals surface area contributed by atoms with Crippen molar-refractivity contribution in [1.82, 2.24) is 10.6 Å². The maximum absolute atomic E-state index is 12.0. The molecule has 3 nitrogen and oxygen atoms in total. The van der Waals surface area contributed by atoms with E-state index in [0.717, 1.165) is 42.4 Å². The summed E-state index contributed by atoms with van der Waals surface area (Å²) in [5.41, 5.74) is 0.727. The van der Waals surface area contributed by atoms with Gasteiger partial charge in [0.1, 0.15) is 0 Å². The van der Waals surface area contributed by atoms with Gasteiger partial charge in [-0.15, -0.1) is 0 Å². The lowest BCUT2D eigenvalue weighted by Crippen LogP contribution is -2.35. The number of hydrogen-bond acceptors (Lipinski definition) is 2. The van der Waals surface area contributed by atoms with Gasteiger partial charge in [0.25, 0.3) is 5.91 Å². The van der Waals surface area contributed by atoms with E-state index in [9.17, 15) is 4.79 Å². The number of nitrogens with one attached hydrogen (secondary N) is 2. The second kappa shape index (κ2) is 6.17. The molecule has 0 saturated carbocycles. The fraction of sp³-hybridized carbons (Fsp3) is 0.462. The van der Waals surface area contributed by atoms with E-state index in [1.807, 2.05) is 24.3 Å². The molecule has 1 heterocycles. The van der Waals surface area contributed by atoms with Crippen molar-refractivity contribution in [3.63, 3.8) is 0 Å². The molecule has 1 atom stereocenters. The summed E-state index contributed by atoms with van der Waals surface area (Å²) in [7, 11) is 0. The number of benzene rings is 1. The normalized spacial score (nSPS) is 20.6. The molecular weight excluding hydrogens is 280 g/mol. The second-order valence-electron chi connectivity index (χ2n) is 4.36. The Morgan fingerprint density at radius 3 is 2.76 bits per heavy atom. The van der Waals surface area contributed by atoms with Crippen molar-refractivity contribution in [2.75, 3.05) is 13.1 Å². The number of carbonyl (C=O) groups is 1. The number of halogens is 1. The first-order valence-electron chi connectivity index (χ1n) is 6.03. The van der Waals surface area contributed by atoms with Crippen molar-refractivity contribution in [2.45, 2.75) is 25.3 Å². The summed E-state index contributed by atoms with van der Waals surface area (Å²) in [5, 5.41) is 6.44. The topological polar surface area (TPSA) is 41.1 Å². The Morgan fingerprint density at radius 2 is 2.00 bits per heavy atom. The minimum absolute atomic E-state index is 0.0319. The van der Waals surface area contributed by atoms with Gasteiger partial charge in [0, 0.05) is 16.1 Å². The fourth-order valence-corrected chi connectivity index (χ4v) is 2.30. The molecule has 17 heavy (non-hydrogen) atoms. The molecule has 1 aromatic rings. The van der Waals surface area contributed by atoms with Crippen LogP contribution >= 0.6 is 15.9 Å². The maximum atomic E-state index is 12.0. The average Bonchev–Trinajstić information content (AvgIpc) is 2.58. The van der Waals surface area contributed by atoms with E-state index in [-0.39, 0.29) is 5.91 Å². The molecule has 0 radical (unpaired) electrons. The van der Waals surface area contributed by atoms with Gasteiger partial charge in [0.05, 0.1) is 0 Å². The standard InChI is InChI=1S/C13H17BrN2O/c14-11-5-3-10(4-6-11)13(17)16-12-2-1-8-15-9-7-12/h3-6,12,15H,1-2,7-9H2,(H,16,17). The van der Waals surface area contributed by atoms with Crippen LogP contribution in [0.2, 0.25) is 0 Å². The zero-order valence-electron chi connectivity index (χ0n) is 9.71. The lowest BCUT2D eigenvalue weighted by atomic mass is 10.1. The third kappa shape index (κ3) is 3.82. The summed E-state index contributed by atoms with van der Waals surface area (Å²) in [6, 6.07) is 7.77. The molecule has 0 spiro atoms. The minimum atomic E-state index is 0.0319. The van der Waals surface area contributed by atoms with Gasteiger partial charge in [-0.25, -0.2) is 0 Å². The second-order valence-corrected chi connectivity index (χ2v) is 5.27. The maximum Gasteiger partial charge on any atom is 0.251 e. The highest BCUT2D eigenvalue weighted by molar-refractivity contribution is 9.10. The van der Waals surface area contributed by atoms with E-state index in [4.69, 9.17) is 0 Å². The lowest BCUT2D eigenvalue weighted by molar-refractivity contribution is 0.0934. The van der Waals surface area contributed by atoms with E-state index in [0.29, 0.717) is 6.04 Å². The molecule has 2 N–H and O–H groups in total. The molecule has 1 fully saturated rings. The average molecular weight is 297 g/mol. The zero-order chi connectivity index (χ0) is 12.1. The molecule has 4 heteroatoms. The van der Waals surface area contributed by atoms with Crippen molar-refractivity contribution in [1.29, 1.82) is 0 Å². The van der Waals surface area contributed by atoms with Gasteiger partial charge in [-0.2, -0.15) is 0 Å². The first kappa shape index (κ1) is 12.6. The van der Waals surface area contributed by atoms with Crippen LogP contribution in [0.25, 0.3) is 0 Å². The van der Waals surface area contributed by atoms with Crippen LogP contribution in [-0.4, -0.2) is 25.0 Å². The Kier molecular flexibility index (Phi) is 4.57. The SMILES string of the molecule is O=C(NC1CCCNCC1)c1ccc(Br)cc1. The first-order chi connectivity index (χ1) is 8.25. The quantitative estimate of drug-likeness (QED) is 0.879. The van der Waals surface area contributed by atoms with Gasteiger partial charge in [-0.3, -0.25) is 4.79 Å². The summed E-state index contributed by atoms with van der Waals surface area (Å²) < 4.78 is 0.993. The zero-order valence-corrected chi connectivity index (χ0v) is 11.3. The molecule has 1 aromatic carbocycles. The lowest BCUT2D eigenvalue weighted by Gasteiger charge is -2.15. The monoisotopic (exact) mass is 296 g/mol. The molecule has 1 saturated heterocycles. The number of hydrogen-bond donors (Lipinski definition) is 2. The third-order valence-corrected chi connectivity index (χ3v) is 3.55. The Hall–Kier alpha value is -0.870. The van der Waals surface area contributed by atoms with E-state index in [1.54, 1.807) is 0 Å². The minimum Gasteiger partial charge on any atom is -0.349 e. The van der Waals surface area contributed by atoms with Gasteiger partial charge in [0.15, 0.2) is 0 Å². The van der Waals surface area contributed by atoms with Crippen LogP contribution in [0.5, 0.6) is 0 Å². The molecule has 92 valence electrons. The van der Waals surface area contributed by atoms with Crippen LogP contribution in [0.3, 0.4) is 0 Å². The Morgan fingerprint density at radius 1 is 1.24 bits per heavy atom. The van der Waals surface area contributed by atoms with Gasteiger partial charge in [0.2, 0.25) is 0 Å². The Balaban J connectivity index is 1.93. The number of amides is 1. The number of rotatable bonds is 2. The Labute approximate surface area is 110 Å². The molecule has 2 rings (SSSR count). The highest BCUT2D eigenvalue weighted by Gasteiger charge is 2.15. The molecule has 1 aliphatic rings. The predicted octanol–water partition coefficient (Wildman–Crippen LogP) is 2.32. The fourth-order valence-electron chi connectivity index (χ4n) is 2.03. The van der Waals surface area contributed by atoms with Crippen LogP contribution in [0.15, 0.2) is 28.7 Å². The van der Waals surface area contributed by atoms with Crippen LogP contribution < -0.4 is 10.6 Å². The Bertz CT molecular complexity index is 370. The summed E-state index contributed by atoms with van der Waals surface area (Å²) in [4.78, 5) is 12.0. The summed E-state index contributed by atoms with van der Waals surface area (Å²) >= 11 is 3.36. The van der Waals surface area contributed by atoms with E-state index in [1.165, 1.54) is 0 Å². The van der Waals surface area contributed by atoms with Gasteiger partial charge in [-0.05, 0) is 56.6 Å². The summed E-state index contributed by atoms with van der Waals surface area (Å²) in [6.45, 7) is 2.05.